The second-order valence-electron chi connectivity index (χ2n) is 4.79. The molecule has 1 heterocycles. The summed E-state index contributed by atoms with van der Waals surface area (Å²) in [7, 11) is 0. The van der Waals surface area contributed by atoms with Crippen LogP contribution in [0, 0.1) is 25.2 Å². The van der Waals surface area contributed by atoms with Crippen LogP contribution in [0.3, 0.4) is 0 Å². The van der Waals surface area contributed by atoms with Crippen LogP contribution in [0.1, 0.15) is 36.7 Å². The Balaban J connectivity index is 2.76. The van der Waals surface area contributed by atoms with Crippen molar-refractivity contribution in [1.29, 1.82) is 5.26 Å². The van der Waals surface area contributed by atoms with Crippen molar-refractivity contribution in [2.45, 2.75) is 40.2 Å². The molecule has 0 N–H and O–H groups in total. The molecule has 0 aliphatic heterocycles. The fourth-order valence-corrected chi connectivity index (χ4v) is 2.08. The Morgan fingerprint density at radius 3 is 2.53 bits per heavy atom. The summed E-state index contributed by atoms with van der Waals surface area (Å²) in [6, 6.07) is 6.44. The number of imidazole rings is 1. The zero-order chi connectivity index (χ0) is 12.6. The molecule has 0 amide bonds. The van der Waals surface area contributed by atoms with E-state index in [2.05, 4.69) is 50.9 Å². The highest BCUT2D eigenvalue weighted by molar-refractivity contribution is 5.78. The lowest BCUT2D eigenvalue weighted by Gasteiger charge is -2.07. The maximum atomic E-state index is 8.93. The van der Waals surface area contributed by atoms with E-state index in [0.29, 0.717) is 12.5 Å². The minimum Gasteiger partial charge on any atom is -0.314 e. The van der Waals surface area contributed by atoms with Gasteiger partial charge >= 0.3 is 0 Å². The van der Waals surface area contributed by atoms with E-state index < -0.39 is 0 Å². The zero-order valence-electron chi connectivity index (χ0n) is 10.8. The summed E-state index contributed by atoms with van der Waals surface area (Å²) >= 11 is 0. The van der Waals surface area contributed by atoms with Crippen LogP contribution in [0.15, 0.2) is 12.1 Å². The number of hydrogen-bond acceptors (Lipinski definition) is 2. The first kappa shape index (κ1) is 11.7. The molecule has 88 valence electrons. The van der Waals surface area contributed by atoms with E-state index >= 15 is 0 Å². The Bertz CT molecular complexity index is 600. The first-order valence-corrected chi connectivity index (χ1v) is 5.89. The van der Waals surface area contributed by atoms with Gasteiger partial charge in [-0.15, -0.1) is 0 Å². The Kier molecular flexibility index (Phi) is 2.89. The number of rotatable bonds is 2. The molecule has 17 heavy (non-hydrogen) atoms. The lowest BCUT2D eigenvalue weighted by atomic mass is 10.1. The van der Waals surface area contributed by atoms with E-state index in [1.165, 1.54) is 11.1 Å². The van der Waals surface area contributed by atoms with Crippen LogP contribution in [0.5, 0.6) is 0 Å². The molecule has 0 unspecified atom stereocenters. The van der Waals surface area contributed by atoms with E-state index in [1.54, 1.807) is 0 Å². The molecule has 0 radical (unpaired) electrons. The third-order valence-electron chi connectivity index (χ3n) is 3.14. The average Bonchev–Trinajstić information content (AvgIpc) is 2.59. The highest BCUT2D eigenvalue weighted by Crippen LogP contribution is 2.24. The van der Waals surface area contributed by atoms with Gasteiger partial charge in [0.2, 0.25) is 0 Å². The molecule has 0 spiro atoms. The van der Waals surface area contributed by atoms with E-state index in [0.717, 1.165) is 16.9 Å². The summed E-state index contributed by atoms with van der Waals surface area (Å²) in [5.74, 6) is 1.32. The van der Waals surface area contributed by atoms with Gasteiger partial charge in [-0.05, 0) is 37.1 Å². The minimum absolute atomic E-state index is 0.330. The van der Waals surface area contributed by atoms with Crippen molar-refractivity contribution >= 4 is 11.0 Å². The summed E-state index contributed by atoms with van der Waals surface area (Å²) < 4.78 is 2.02. The summed E-state index contributed by atoms with van der Waals surface area (Å²) in [5, 5.41) is 8.93. The van der Waals surface area contributed by atoms with Gasteiger partial charge in [0.05, 0.1) is 17.1 Å². The number of nitrogens with zero attached hydrogens (tertiary/aromatic N) is 3. The summed E-state index contributed by atoms with van der Waals surface area (Å²) in [6.07, 6.45) is 0. The highest BCUT2D eigenvalue weighted by Gasteiger charge is 2.14. The second-order valence-corrected chi connectivity index (χ2v) is 4.79. The van der Waals surface area contributed by atoms with E-state index in [-0.39, 0.29) is 0 Å². The second kappa shape index (κ2) is 4.21. The van der Waals surface area contributed by atoms with Gasteiger partial charge in [0.1, 0.15) is 12.4 Å². The average molecular weight is 227 g/mol. The molecular weight excluding hydrogens is 210 g/mol. The van der Waals surface area contributed by atoms with Crippen molar-refractivity contribution in [3.05, 3.63) is 29.1 Å². The Morgan fingerprint density at radius 1 is 1.29 bits per heavy atom. The van der Waals surface area contributed by atoms with Crippen molar-refractivity contribution in [3.8, 4) is 6.07 Å². The van der Waals surface area contributed by atoms with Gasteiger partial charge in [-0.1, -0.05) is 13.8 Å². The van der Waals surface area contributed by atoms with Crippen LogP contribution in [-0.4, -0.2) is 9.55 Å². The number of benzene rings is 1. The molecule has 3 nitrogen and oxygen atoms in total. The van der Waals surface area contributed by atoms with Gasteiger partial charge in [0, 0.05) is 5.92 Å². The van der Waals surface area contributed by atoms with Crippen LogP contribution < -0.4 is 0 Å². The molecule has 3 heteroatoms. The third-order valence-corrected chi connectivity index (χ3v) is 3.14. The highest BCUT2D eigenvalue weighted by atomic mass is 15.1. The largest absolute Gasteiger partial charge is 0.314 e. The van der Waals surface area contributed by atoms with Crippen LogP contribution >= 0.6 is 0 Å². The molecule has 0 saturated carbocycles. The van der Waals surface area contributed by atoms with Crippen molar-refractivity contribution in [2.24, 2.45) is 0 Å². The molecule has 2 rings (SSSR count). The summed E-state index contributed by atoms with van der Waals surface area (Å²) in [4.78, 5) is 4.64. The van der Waals surface area contributed by atoms with Crippen molar-refractivity contribution < 1.29 is 0 Å². The molecule has 0 bridgehead atoms. The summed E-state index contributed by atoms with van der Waals surface area (Å²) in [5.41, 5.74) is 4.55. The van der Waals surface area contributed by atoms with E-state index in [1.807, 2.05) is 4.57 Å². The SMILES string of the molecule is Cc1cc2nc(C(C)C)n(CC#N)c2cc1C. The van der Waals surface area contributed by atoms with Crippen LogP contribution in [0.25, 0.3) is 11.0 Å². The van der Waals surface area contributed by atoms with Gasteiger partial charge in [0.15, 0.2) is 0 Å². The molecular formula is C14H17N3. The van der Waals surface area contributed by atoms with Crippen LogP contribution in [0.2, 0.25) is 0 Å². The maximum absolute atomic E-state index is 8.93. The molecule has 0 atom stereocenters. The van der Waals surface area contributed by atoms with E-state index in [4.69, 9.17) is 5.26 Å². The van der Waals surface area contributed by atoms with Gasteiger partial charge in [0.25, 0.3) is 0 Å². The van der Waals surface area contributed by atoms with Crippen molar-refractivity contribution in [3.63, 3.8) is 0 Å². The fraction of sp³-hybridized carbons (Fsp3) is 0.429. The zero-order valence-corrected chi connectivity index (χ0v) is 10.8. The smallest absolute Gasteiger partial charge is 0.113 e. The number of hydrogen-bond donors (Lipinski definition) is 0. The monoisotopic (exact) mass is 227 g/mol. The molecule has 2 aromatic rings. The molecule has 1 aromatic carbocycles. The first-order chi connectivity index (χ1) is 8.04. The fourth-order valence-electron chi connectivity index (χ4n) is 2.08. The van der Waals surface area contributed by atoms with Gasteiger partial charge in [-0.25, -0.2) is 4.98 Å². The van der Waals surface area contributed by atoms with Crippen molar-refractivity contribution in [2.75, 3.05) is 0 Å². The predicted molar refractivity (Wildman–Crippen MR) is 68.9 cm³/mol. The third kappa shape index (κ3) is 1.91. The molecule has 0 fully saturated rings. The van der Waals surface area contributed by atoms with E-state index in [9.17, 15) is 0 Å². The maximum Gasteiger partial charge on any atom is 0.113 e. The minimum atomic E-state index is 0.330. The Hall–Kier alpha value is -1.82. The topological polar surface area (TPSA) is 41.6 Å². The standard InChI is InChI=1S/C14H17N3/c1-9(2)14-16-12-7-10(3)11(4)8-13(12)17(14)6-5-15/h7-9H,6H2,1-4H3. The molecule has 1 aromatic heterocycles. The Morgan fingerprint density at radius 2 is 1.94 bits per heavy atom. The van der Waals surface area contributed by atoms with Crippen molar-refractivity contribution in [1.82, 2.24) is 9.55 Å². The van der Waals surface area contributed by atoms with Gasteiger partial charge in [-0.2, -0.15) is 5.26 Å². The van der Waals surface area contributed by atoms with Gasteiger partial charge in [-0.3, -0.25) is 0 Å². The van der Waals surface area contributed by atoms with Gasteiger partial charge < -0.3 is 4.57 Å². The number of aryl methyl sites for hydroxylation is 2. The number of aromatic nitrogens is 2. The quantitative estimate of drug-likeness (QED) is 0.789. The molecule has 0 aliphatic carbocycles. The predicted octanol–water partition coefficient (Wildman–Crippen LogP) is 3.30. The normalized spacial score (nSPS) is 11.1. The lowest BCUT2D eigenvalue weighted by molar-refractivity contribution is 0.696. The van der Waals surface area contributed by atoms with Crippen LogP contribution in [0.4, 0.5) is 0 Å². The number of nitriles is 1. The van der Waals surface area contributed by atoms with Crippen LogP contribution in [-0.2, 0) is 6.54 Å². The first-order valence-electron chi connectivity index (χ1n) is 5.89. The summed E-state index contributed by atoms with van der Waals surface area (Å²) in [6.45, 7) is 8.76. The number of fused-ring (bicyclic) bond motifs is 1. The lowest BCUT2D eigenvalue weighted by Crippen LogP contribution is -2.04. The molecule has 0 aliphatic rings. The Labute approximate surface area is 102 Å². The molecule has 0 saturated heterocycles.